The molecule has 0 saturated carbocycles. The van der Waals surface area contributed by atoms with Crippen LogP contribution in [0, 0.1) is 5.95 Å². The maximum absolute atomic E-state index is 14.8. The Morgan fingerprint density at radius 3 is 2.50 bits per heavy atom. The van der Waals surface area contributed by atoms with Gasteiger partial charge in [0.25, 0.3) is 0 Å². The van der Waals surface area contributed by atoms with E-state index in [4.69, 9.17) is 0 Å². The lowest BCUT2D eigenvalue weighted by atomic mass is 9.83. The topological polar surface area (TPSA) is 68.6 Å². The fourth-order valence-corrected chi connectivity index (χ4v) is 3.92. The Balaban J connectivity index is 1.85. The summed E-state index contributed by atoms with van der Waals surface area (Å²) in [5.41, 5.74) is 4.01. The molecule has 0 bridgehead atoms. The van der Waals surface area contributed by atoms with Gasteiger partial charge in [-0.25, -0.2) is 15.0 Å². The standard InChI is InChI=1S/C23H19FN4OS/c1-30(29)23-27-13-10-17(28-23)14-21(20-9-5-12-26-22(20)24)19-8-3-2-7-18(19)16-6-4-11-25-15-16/h2-13,15,21H,14H2,1H3. The minimum absolute atomic E-state index is 0.262. The van der Waals surface area contributed by atoms with Crippen molar-refractivity contribution >= 4 is 10.8 Å². The third-order valence-electron chi connectivity index (χ3n) is 4.83. The highest BCUT2D eigenvalue weighted by atomic mass is 32.2. The summed E-state index contributed by atoms with van der Waals surface area (Å²) >= 11 is 0. The largest absolute Gasteiger partial charge is 0.264 e. The normalized spacial score (nSPS) is 13.0. The maximum Gasteiger partial charge on any atom is 0.218 e. The summed E-state index contributed by atoms with van der Waals surface area (Å²) in [4.78, 5) is 16.6. The molecule has 0 aliphatic heterocycles. The average Bonchev–Trinajstić information content (AvgIpc) is 2.79. The van der Waals surface area contributed by atoms with Gasteiger partial charge in [0.15, 0.2) is 0 Å². The smallest absolute Gasteiger partial charge is 0.218 e. The van der Waals surface area contributed by atoms with Crippen molar-refractivity contribution in [2.75, 3.05) is 6.26 Å². The Kier molecular flexibility index (Phi) is 5.99. The van der Waals surface area contributed by atoms with Crippen molar-refractivity contribution in [2.45, 2.75) is 17.5 Å². The zero-order valence-corrected chi connectivity index (χ0v) is 17.1. The molecule has 1 aromatic carbocycles. The molecule has 3 aromatic heterocycles. The minimum Gasteiger partial charge on any atom is -0.264 e. The molecule has 2 unspecified atom stereocenters. The van der Waals surface area contributed by atoms with Crippen LogP contribution < -0.4 is 0 Å². The van der Waals surface area contributed by atoms with E-state index in [1.54, 1.807) is 36.8 Å². The predicted octanol–water partition coefficient (Wildman–Crippen LogP) is 4.18. The van der Waals surface area contributed by atoms with E-state index in [0.717, 1.165) is 16.7 Å². The highest BCUT2D eigenvalue weighted by Crippen LogP contribution is 2.35. The highest BCUT2D eigenvalue weighted by molar-refractivity contribution is 7.84. The second kappa shape index (κ2) is 9.00. The van der Waals surface area contributed by atoms with Crippen molar-refractivity contribution in [3.63, 3.8) is 0 Å². The molecule has 0 aliphatic rings. The summed E-state index contributed by atoms with van der Waals surface area (Å²) < 4.78 is 26.6. The summed E-state index contributed by atoms with van der Waals surface area (Å²) in [6.07, 6.45) is 8.48. The van der Waals surface area contributed by atoms with Gasteiger partial charge < -0.3 is 0 Å². The molecule has 0 saturated heterocycles. The van der Waals surface area contributed by atoms with Crippen LogP contribution in [-0.4, -0.2) is 30.4 Å². The van der Waals surface area contributed by atoms with Gasteiger partial charge in [0.05, 0.1) is 10.8 Å². The van der Waals surface area contributed by atoms with Crippen LogP contribution in [0.4, 0.5) is 4.39 Å². The van der Waals surface area contributed by atoms with Crippen LogP contribution in [0.5, 0.6) is 0 Å². The van der Waals surface area contributed by atoms with Gasteiger partial charge in [-0.3, -0.25) is 9.19 Å². The minimum atomic E-state index is -1.30. The van der Waals surface area contributed by atoms with Crippen molar-refractivity contribution in [3.05, 3.63) is 102 Å². The molecule has 4 aromatic rings. The zero-order chi connectivity index (χ0) is 20.9. The lowest BCUT2D eigenvalue weighted by Crippen LogP contribution is -2.12. The Labute approximate surface area is 176 Å². The van der Waals surface area contributed by atoms with Gasteiger partial charge >= 0.3 is 0 Å². The Morgan fingerprint density at radius 2 is 1.73 bits per heavy atom. The molecule has 3 heterocycles. The van der Waals surface area contributed by atoms with E-state index in [0.29, 0.717) is 17.7 Å². The van der Waals surface area contributed by atoms with Crippen molar-refractivity contribution in [3.8, 4) is 11.1 Å². The van der Waals surface area contributed by atoms with E-state index in [2.05, 4.69) is 19.9 Å². The van der Waals surface area contributed by atoms with Crippen LogP contribution in [0.3, 0.4) is 0 Å². The zero-order valence-electron chi connectivity index (χ0n) is 16.3. The molecule has 5 nitrogen and oxygen atoms in total. The number of halogens is 1. The summed E-state index contributed by atoms with van der Waals surface area (Å²) in [7, 11) is -1.30. The van der Waals surface area contributed by atoms with E-state index in [9.17, 15) is 8.60 Å². The first-order chi connectivity index (χ1) is 14.6. The fraction of sp³-hybridized carbons (Fsp3) is 0.130. The van der Waals surface area contributed by atoms with Crippen LogP contribution in [-0.2, 0) is 17.2 Å². The molecule has 0 fully saturated rings. The Morgan fingerprint density at radius 1 is 0.933 bits per heavy atom. The van der Waals surface area contributed by atoms with Crippen molar-refractivity contribution in [2.24, 2.45) is 0 Å². The molecule has 4 rings (SSSR count). The summed E-state index contributed by atoms with van der Waals surface area (Å²) in [5, 5.41) is 0.262. The van der Waals surface area contributed by atoms with Gasteiger partial charge in [-0.05, 0) is 29.3 Å². The first-order valence-electron chi connectivity index (χ1n) is 9.38. The van der Waals surface area contributed by atoms with Crippen LogP contribution in [0.1, 0.15) is 22.7 Å². The van der Waals surface area contributed by atoms with E-state index >= 15 is 0 Å². The van der Waals surface area contributed by atoms with E-state index < -0.39 is 16.7 Å². The van der Waals surface area contributed by atoms with E-state index in [1.807, 2.05) is 36.4 Å². The average molecular weight is 418 g/mol. The van der Waals surface area contributed by atoms with E-state index in [1.165, 1.54) is 12.5 Å². The molecule has 0 N–H and O–H groups in total. The van der Waals surface area contributed by atoms with Crippen LogP contribution >= 0.6 is 0 Å². The molecule has 150 valence electrons. The van der Waals surface area contributed by atoms with Gasteiger partial charge in [0.2, 0.25) is 11.1 Å². The monoisotopic (exact) mass is 418 g/mol. The molecule has 30 heavy (non-hydrogen) atoms. The second-order valence-corrected chi connectivity index (χ2v) is 8.03. The third-order valence-corrected chi connectivity index (χ3v) is 5.54. The molecule has 0 spiro atoms. The Bertz CT molecular complexity index is 1190. The fourth-order valence-electron chi connectivity index (χ4n) is 3.47. The molecule has 0 radical (unpaired) electrons. The first-order valence-corrected chi connectivity index (χ1v) is 10.9. The van der Waals surface area contributed by atoms with Crippen LogP contribution in [0.2, 0.25) is 0 Å². The number of rotatable bonds is 6. The molecular weight excluding hydrogens is 399 g/mol. The molecule has 0 aliphatic carbocycles. The number of pyridine rings is 2. The SMILES string of the molecule is CS(=O)c1nccc(CC(c2ccccc2-c2cccnc2)c2cccnc2F)n1. The molecule has 7 heteroatoms. The number of hydrogen-bond donors (Lipinski definition) is 0. The third kappa shape index (κ3) is 4.31. The van der Waals surface area contributed by atoms with Gasteiger partial charge in [0, 0.05) is 60.2 Å². The number of hydrogen-bond acceptors (Lipinski definition) is 5. The summed E-state index contributed by atoms with van der Waals surface area (Å²) in [6.45, 7) is 0. The first kappa shape index (κ1) is 20.0. The summed E-state index contributed by atoms with van der Waals surface area (Å²) in [5.74, 6) is -0.861. The second-order valence-electron chi connectivity index (χ2n) is 6.75. The maximum atomic E-state index is 14.8. The Hall–Kier alpha value is -3.32. The summed E-state index contributed by atoms with van der Waals surface area (Å²) in [6, 6.07) is 17.0. The van der Waals surface area contributed by atoms with Gasteiger partial charge in [-0.15, -0.1) is 0 Å². The van der Waals surface area contributed by atoms with Gasteiger partial charge in [-0.2, -0.15) is 4.39 Å². The van der Waals surface area contributed by atoms with E-state index in [-0.39, 0.29) is 11.1 Å². The van der Waals surface area contributed by atoms with Gasteiger partial charge in [-0.1, -0.05) is 36.4 Å². The van der Waals surface area contributed by atoms with Crippen molar-refractivity contribution < 1.29 is 8.60 Å². The van der Waals surface area contributed by atoms with Crippen molar-refractivity contribution in [1.82, 2.24) is 19.9 Å². The number of aromatic nitrogens is 4. The lowest BCUT2D eigenvalue weighted by molar-refractivity contribution is 0.553. The lowest BCUT2D eigenvalue weighted by Gasteiger charge is -2.21. The van der Waals surface area contributed by atoms with Crippen molar-refractivity contribution in [1.29, 1.82) is 0 Å². The van der Waals surface area contributed by atoms with Crippen LogP contribution in [0.15, 0.2) is 84.5 Å². The quantitative estimate of drug-likeness (QED) is 0.347. The van der Waals surface area contributed by atoms with Crippen LogP contribution in [0.25, 0.3) is 11.1 Å². The molecular formula is C23H19FN4OS. The molecule has 2 atom stereocenters. The number of nitrogens with zero attached hydrogens (tertiary/aromatic N) is 4. The van der Waals surface area contributed by atoms with Gasteiger partial charge in [0.1, 0.15) is 0 Å². The highest BCUT2D eigenvalue weighted by Gasteiger charge is 2.23. The number of benzene rings is 1. The molecule has 0 amide bonds. The predicted molar refractivity (Wildman–Crippen MR) is 114 cm³/mol.